The third kappa shape index (κ3) is 4.60. The molecule has 3 heteroatoms. The van der Waals surface area contributed by atoms with E-state index < -0.39 is 0 Å². The lowest BCUT2D eigenvalue weighted by Gasteiger charge is -2.17. The molecule has 0 spiro atoms. The number of hydrogen-bond acceptors (Lipinski definition) is 3. The lowest BCUT2D eigenvalue weighted by atomic mass is 10.1. The number of nitrogens with zero attached hydrogens (tertiary/aromatic N) is 1. The average Bonchev–Trinajstić information content (AvgIpc) is 2.63. The number of allylic oxidation sites excluding steroid dienone is 1. The Morgan fingerprint density at radius 3 is 2.76 bits per heavy atom. The van der Waals surface area contributed by atoms with Gasteiger partial charge in [-0.2, -0.15) is 0 Å². The van der Waals surface area contributed by atoms with Gasteiger partial charge in [-0.1, -0.05) is 13.0 Å². The van der Waals surface area contributed by atoms with Crippen LogP contribution < -0.4 is 5.32 Å². The molecular formula is C14H24N2S. The van der Waals surface area contributed by atoms with Gasteiger partial charge in [-0.25, -0.2) is 4.98 Å². The third-order valence-corrected chi connectivity index (χ3v) is 3.98. The predicted octanol–water partition coefficient (Wildman–Crippen LogP) is 4.16. The SMILES string of the molecule is C=CCCCC(NCCC)c1sc(C)nc1C. The molecule has 1 aromatic heterocycles. The highest BCUT2D eigenvalue weighted by molar-refractivity contribution is 7.11. The van der Waals surface area contributed by atoms with E-state index in [1.54, 1.807) is 0 Å². The molecule has 0 fully saturated rings. The summed E-state index contributed by atoms with van der Waals surface area (Å²) in [5.41, 5.74) is 1.19. The molecular weight excluding hydrogens is 228 g/mol. The van der Waals surface area contributed by atoms with Gasteiger partial charge in [-0.05, 0) is 46.1 Å². The van der Waals surface area contributed by atoms with E-state index in [-0.39, 0.29) is 0 Å². The molecule has 1 rings (SSSR count). The Morgan fingerprint density at radius 1 is 1.47 bits per heavy atom. The first-order valence-corrected chi connectivity index (χ1v) is 7.28. The van der Waals surface area contributed by atoms with Crippen LogP contribution in [0.1, 0.15) is 54.2 Å². The molecule has 0 aromatic carbocycles. The summed E-state index contributed by atoms with van der Waals surface area (Å²) in [4.78, 5) is 5.94. The molecule has 0 aliphatic rings. The third-order valence-electron chi connectivity index (χ3n) is 2.80. The maximum Gasteiger partial charge on any atom is 0.0900 e. The van der Waals surface area contributed by atoms with Crippen molar-refractivity contribution in [2.75, 3.05) is 6.54 Å². The second-order valence-electron chi connectivity index (χ2n) is 4.41. The van der Waals surface area contributed by atoms with E-state index in [9.17, 15) is 0 Å². The van der Waals surface area contributed by atoms with Gasteiger partial charge in [0.2, 0.25) is 0 Å². The fraction of sp³-hybridized carbons (Fsp3) is 0.643. The largest absolute Gasteiger partial charge is 0.309 e. The molecule has 1 atom stereocenters. The van der Waals surface area contributed by atoms with Crippen LogP contribution in [0, 0.1) is 13.8 Å². The number of aryl methyl sites for hydroxylation is 2. The topological polar surface area (TPSA) is 24.9 Å². The van der Waals surface area contributed by atoms with Crippen molar-refractivity contribution in [1.82, 2.24) is 10.3 Å². The number of aromatic nitrogens is 1. The van der Waals surface area contributed by atoms with Crippen molar-refractivity contribution in [3.8, 4) is 0 Å². The summed E-state index contributed by atoms with van der Waals surface area (Å²) >= 11 is 1.83. The zero-order valence-corrected chi connectivity index (χ0v) is 12.1. The van der Waals surface area contributed by atoms with Gasteiger partial charge in [-0.15, -0.1) is 17.9 Å². The van der Waals surface area contributed by atoms with E-state index in [0.29, 0.717) is 6.04 Å². The van der Waals surface area contributed by atoms with Crippen LogP contribution in [0.4, 0.5) is 0 Å². The summed E-state index contributed by atoms with van der Waals surface area (Å²) in [6.07, 6.45) is 6.65. The first kappa shape index (κ1) is 14.4. The fourth-order valence-electron chi connectivity index (χ4n) is 1.98. The quantitative estimate of drug-likeness (QED) is 0.555. The Morgan fingerprint density at radius 2 is 2.24 bits per heavy atom. The zero-order valence-electron chi connectivity index (χ0n) is 11.3. The van der Waals surface area contributed by atoms with Crippen LogP contribution in [0.3, 0.4) is 0 Å². The van der Waals surface area contributed by atoms with Crippen LogP contribution in [0.25, 0.3) is 0 Å². The van der Waals surface area contributed by atoms with Gasteiger partial charge in [0.05, 0.1) is 10.7 Å². The molecule has 0 amide bonds. The van der Waals surface area contributed by atoms with Crippen molar-refractivity contribution in [3.05, 3.63) is 28.2 Å². The van der Waals surface area contributed by atoms with Crippen LogP contribution >= 0.6 is 11.3 Å². The van der Waals surface area contributed by atoms with Crippen molar-refractivity contribution >= 4 is 11.3 Å². The Bertz CT molecular complexity index is 344. The molecule has 0 radical (unpaired) electrons. The highest BCUT2D eigenvalue weighted by Gasteiger charge is 2.16. The van der Waals surface area contributed by atoms with E-state index in [1.807, 2.05) is 17.4 Å². The number of thiazole rings is 1. The Labute approximate surface area is 109 Å². The smallest absolute Gasteiger partial charge is 0.0900 e. The predicted molar refractivity (Wildman–Crippen MR) is 76.7 cm³/mol. The second-order valence-corrected chi connectivity index (χ2v) is 5.64. The molecule has 96 valence electrons. The summed E-state index contributed by atoms with van der Waals surface area (Å²) in [6, 6.07) is 0.473. The van der Waals surface area contributed by atoms with Crippen LogP contribution in [0.2, 0.25) is 0 Å². The summed E-state index contributed by atoms with van der Waals surface area (Å²) in [6.45, 7) is 11.3. The molecule has 17 heavy (non-hydrogen) atoms. The molecule has 1 heterocycles. The molecule has 0 aliphatic heterocycles. The summed E-state index contributed by atoms with van der Waals surface area (Å²) in [7, 11) is 0. The molecule has 1 unspecified atom stereocenters. The van der Waals surface area contributed by atoms with E-state index in [0.717, 1.165) is 13.0 Å². The van der Waals surface area contributed by atoms with E-state index >= 15 is 0 Å². The van der Waals surface area contributed by atoms with Gasteiger partial charge in [0.15, 0.2) is 0 Å². The summed E-state index contributed by atoms with van der Waals surface area (Å²) < 4.78 is 0. The minimum Gasteiger partial charge on any atom is -0.309 e. The lowest BCUT2D eigenvalue weighted by Crippen LogP contribution is -2.22. The normalized spacial score (nSPS) is 12.6. The van der Waals surface area contributed by atoms with Crippen molar-refractivity contribution in [2.45, 2.75) is 52.5 Å². The van der Waals surface area contributed by atoms with E-state index in [2.05, 4.69) is 37.7 Å². The Hall–Kier alpha value is -0.670. The lowest BCUT2D eigenvalue weighted by molar-refractivity contribution is 0.490. The molecule has 0 aliphatic carbocycles. The summed E-state index contributed by atoms with van der Waals surface area (Å²) in [5, 5.41) is 4.81. The van der Waals surface area contributed by atoms with Gasteiger partial charge < -0.3 is 5.32 Å². The van der Waals surface area contributed by atoms with Crippen molar-refractivity contribution in [2.24, 2.45) is 0 Å². The number of nitrogens with one attached hydrogen (secondary N) is 1. The number of unbranched alkanes of at least 4 members (excludes halogenated alkanes) is 1. The first-order chi connectivity index (χ1) is 8.19. The van der Waals surface area contributed by atoms with Crippen molar-refractivity contribution < 1.29 is 0 Å². The van der Waals surface area contributed by atoms with E-state index in [1.165, 1.54) is 34.8 Å². The van der Waals surface area contributed by atoms with Crippen molar-refractivity contribution in [1.29, 1.82) is 0 Å². The van der Waals surface area contributed by atoms with Crippen molar-refractivity contribution in [3.63, 3.8) is 0 Å². The maximum absolute atomic E-state index is 4.53. The van der Waals surface area contributed by atoms with Gasteiger partial charge in [0.1, 0.15) is 0 Å². The van der Waals surface area contributed by atoms with Gasteiger partial charge >= 0.3 is 0 Å². The first-order valence-electron chi connectivity index (χ1n) is 6.47. The molecule has 0 saturated carbocycles. The van der Waals surface area contributed by atoms with Gasteiger partial charge in [0.25, 0.3) is 0 Å². The zero-order chi connectivity index (χ0) is 12.7. The second kappa shape index (κ2) is 7.62. The molecule has 0 saturated heterocycles. The highest BCUT2D eigenvalue weighted by atomic mass is 32.1. The van der Waals surface area contributed by atoms with Crippen LogP contribution in [-0.4, -0.2) is 11.5 Å². The monoisotopic (exact) mass is 252 g/mol. The van der Waals surface area contributed by atoms with Gasteiger partial charge in [0, 0.05) is 10.9 Å². The summed E-state index contributed by atoms with van der Waals surface area (Å²) in [5.74, 6) is 0. The molecule has 1 N–H and O–H groups in total. The fourth-order valence-corrected chi connectivity index (χ4v) is 3.02. The Balaban J connectivity index is 2.67. The standard InChI is InChI=1S/C14H24N2S/c1-5-7-8-9-13(15-10-6-2)14-11(3)16-12(4)17-14/h5,13,15H,1,6-10H2,2-4H3. The van der Waals surface area contributed by atoms with Crippen LogP contribution in [-0.2, 0) is 0 Å². The number of hydrogen-bond donors (Lipinski definition) is 1. The van der Waals surface area contributed by atoms with Gasteiger partial charge in [-0.3, -0.25) is 0 Å². The average molecular weight is 252 g/mol. The highest BCUT2D eigenvalue weighted by Crippen LogP contribution is 2.28. The Kier molecular flexibility index (Phi) is 6.45. The number of rotatable bonds is 8. The molecule has 0 bridgehead atoms. The minimum atomic E-state index is 0.473. The van der Waals surface area contributed by atoms with Crippen LogP contribution in [0.5, 0.6) is 0 Å². The maximum atomic E-state index is 4.53. The minimum absolute atomic E-state index is 0.473. The molecule has 1 aromatic rings. The van der Waals surface area contributed by atoms with E-state index in [4.69, 9.17) is 0 Å². The van der Waals surface area contributed by atoms with Crippen LogP contribution in [0.15, 0.2) is 12.7 Å². The molecule has 2 nitrogen and oxygen atoms in total.